The van der Waals surface area contributed by atoms with Gasteiger partial charge in [-0.15, -0.1) is 0 Å². The number of imide groups is 1. The van der Waals surface area contributed by atoms with Crippen LogP contribution in [0.25, 0.3) is 0 Å². The predicted octanol–water partition coefficient (Wildman–Crippen LogP) is 2.36. The molecule has 3 rings (SSSR count). The Hall–Kier alpha value is -2.62. The number of hydrogen-bond donors (Lipinski definition) is 1. The highest BCUT2D eigenvalue weighted by Crippen LogP contribution is 2.34. The van der Waals surface area contributed by atoms with E-state index < -0.39 is 21.8 Å². The highest BCUT2D eigenvalue weighted by atomic mass is 35.5. The number of nitrogens with zero attached hydrogens (tertiary/aromatic N) is 1. The van der Waals surface area contributed by atoms with Gasteiger partial charge in [-0.05, 0) is 30.3 Å². The molecule has 0 spiro atoms. The van der Waals surface area contributed by atoms with Crippen LogP contribution in [0, 0.1) is 0 Å². The molecule has 1 heterocycles. The third-order valence-corrected chi connectivity index (χ3v) is 6.01. The summed E-state index contributed by atoms with van der Waals surface area (Å²) in [6.07, 6.45) is 0.160. The number of anilines is 1. The number of methoxy groups -OCH3 is 1. The predicted molar refractivity (Wildman–Crippen MR) is 107 cm³/mol. The van der Waals surface area contributed by atoms with Gasteiger partial charge in [-0.1, -0.05) is 23.7 Å². The van der Waals surface area contributed by atoms with Crippen LogP contribution in [0.4, 0.5) is 5.69 Å². The van der Waals surface area contributed by atoms with Crippen LogP contribution < -0.4 is 19.1 Å². The van der Waals surface area contributed by atoms with E-state index in [1.54, 1.807) is 24.3 Å². The molecule has 0 aromatic heterocycles. The molecule has 1 N–H and O–H groups in total. The van der Waals surface area contributed by atoms with Gasteiger partial charge in [0, 0.05) is 19.4 Å². The number of sulfonamides is 1. The summed E-state index contributed by atoms with van der Waals surface area (Å²) in [6.45, 7) is 0.0611. The van der Waals surface area contributed by atoms with Gasteiger partial charge < -0.3 is 9.47 Å². The molecule has 2 aromatic rings. The summed E-state index contributed by atoms with van der Waals surface area (Å²) in [4.78, 5) is 24.9. The lowest BCUT2D eigenvalue weighted by molar-refractivity contribution is -0.121. The van der Waals surface area contributed by atoms with Crippen molar-refractivity contribution in [2.24, 2.45) is 0 Å². The van der Waals surface area contributed by atoms with Crippen LogP contribution in [0.1, 0.15) is 12.8 Å². The zero-order valence-corrected chi connectivity index (χ0v) is 17.1. The summed E-state index contributed by atoms with van der Waals surface area (Å²) in [5.74, 6) is -0.117. The number of carbonyl (C=O) groups is 2. The van der Waals surface area contributed by atoms with E-state index in [4.69, 9.17) is 21.1 Å². The smallest absolute Gasteiger partial charge is 0.240 e. The molecule has 10 heteroatoms. The van der Waals surface area contributed by atoms with E-state index in [1.807, 2.05) is 0 Å². The van der Waals surface area contributed by atoms with Crippen molar-refractivity contribution in [2.45, 2.75) is 17.7 Å². The molecular weight excluding hydrogens is 420 g/mol. The number of benzene rings is 2. The van der Waals surface area contributed by atoms with Crippen molar-refractivity contribution < 1.29 is 27.5 Å². The van der Waals surface area contributed by atoms with Crippen LogP contribution in [-0.4, -0.2) is 40.5 Å². The van der Waals surface area contributed by atoms with Crippen LogP contribution in [0.2, 0.25) is 5.02 Å². The Labute approximate surface area is 173 Å². The molecule has 0 atom stereocenters. The maximum atomic E-state index is 12.6. The van der Waals surface area contributed by atoms with Crippen LogP contribution in [0.3, 0.4) is 0 Å². The average molecular weight is 439 g/mol. The van der Waals surface area contributed by atoms with Gasteiger partial charge in [0.25, 0.3) is 0 Å². The topological polar surface area (TPSA) is 102 Å². The Morgan fingerprint density at radius 1 is 1.07 bits per heavy atom. The molecule has 1 aliphatic heterocycles. The maximum Gasteiger partial charge on any atom is 0.240 e. The van der Waals surface area contributed by atoms with Crippen LogP contribution in [-0.2, 0) is 19.6 Å². The minimum absolute atomic E-state index is 0.00348. The summed E-state index contributed by atoms with van der Waals surface area (Å²) in [5, 5.41) is 0.426. The van der Waals surface area contributed by atoms with Crippen molar-refractivity contribution in [2.75, 3.05) is 25.2 Å². The lowest BCUT2D eigenvalue weighted by Crippen LogP contribution is -2.30. The second-order valence-corrected chi connectivity index (χ2v) is 8.31. The van der Waals surface area contributed by atoms with Crippen molar-refractivity contribution in [3.05, 3.63) is 47.5 Å². The Morgan fingerprint density at radius 2 is 1.76 bits per heavy atom. The van der Waals surface area contributed by atoms with Crippen molar-refractivity contribution >= 4 is 39.1 Å². The monoisotopic (exact) mass is 438 g/mol. The molecule has 0 bridgehead atoms. The van der Waals surface area contributed by atoms with E-state index in [2.05, 4.69) is 4.72 Å². The Kier molecular flexibility index (Phi) is 6.41. The molecule has 8 nitrogen and oxygen atoms in total. The van der Waals surface area contributed by atoms with E-state index in [0.717, 1.165) is 4.90 Å². The highest BCUT2D eigenvalue weighted by molar-refractivity contribution is 7.89. The number of amides is 2. The third kappa shape index (κ3) is 4.69. The van der Waals surface area contributed by atoms with Gasteiger partial charge in [0.05, 0.1) is 22.7 Å². The van der Waals surface area contributed by atoms with Crippen LogP contribution in [0.15, 0.2) is 47.4 Å². The number of ether oxygens (including phenoxy) is 2. The average Bonchev–Trinajstić information content (AvgIpc) is 3.04. The molecule has 0 saturated carbocycles. The summed E-state index contributed by atoms with van der Waals surface area (Å²) >= 11 is 5.99. The Bertz CT molecular complexity index is 1020. The third-order valence-electron chi connectivity index (χ3n) is 4.24. The number of halogens is 1. The molecule has 154 valence electrons. The first kappa shape index (κ1) is 21.1. The normalized spacial score (nSPS) is 14.3. The molecule has 29 heavy (non-hydrogen) atoms. The van der Waals surface area contributed by atoms with Gasteiger partial charge in [0.15, 0.2) is 0 Å². The van der Waals surface area contributed by atoms with Gasteiger partial charge in [0.1, 0.15) is 18.1 Å². The molecule has 0 unspecified atom stereocenters. The molecule has 2 amide bonds. The van der Waals surface area contributed by atoms with E-state index in [0.29, 0.717) is 10.8 Å². The quantitative estimate of drug-likeness (QED) is 0.501. The number of hydrogen-bond acceptors (Lipinski definition) is 6. The zero-order valence-electron chi connectivity index (χ0n) is 15.6. The Morgan fingerprint density at radius 3 is 2.41 bits per heavy atom. The first-order valence-corrected chi connectivity index (χ1v) is 10.6. The van der Waals surface area contributed by atoms with Crippen molar-refractivity contribution in [1.82, 2.24) is 4.72 Å². The number of rotatable bonds is 8. The van der Waals surface area contributed by atoms with Gasteiger partial charge in [-0.3, -0.25) is 9.59 Å². The summed E-state index contributed by atoms with van der Waals surface area (Å²) in [6, 6.07) is 10.8. The summed E-state index contributed by atoms with van der Waals surface area (Å²) in [7, 11) is -2.53. The largest absolute Gasteiger partial charge is 0.495 e. The molecule has 1 aliphatic rings. The van der Waals surface area contributed by atoms with Crippen LogP contribution in [0.5, 0.6) is 11.5 Å². The van der Waals surface area contributed by atoms with E-state index in [9.17, 15) is 18.0 Å². The first-order valence-electron chi connectivity index (χ1n) is 8.74. The fraction of sp³-hybridized carbons (Fsp3) is 0.263. The van der Waals surface area contributed by atoms with E-state index in [1.165, 1.54) is 25.3 Å². The van der Waals surface area contributed by atoms with Gasteiger partial charge in [-0.25, -0.2) is 18.0 Å². The van der Waals surface area contributed by atoms with Crippen molar-refractivity contribution in [3.8, 4) is 11.5 Å². The maximum absolute atomic E-state index is 12.6. The first-order chi connectivity index (χ1) is 13.8. The SMILES string of the molecule is COc1ccc(S(=O)(=O)NCCOc2ccccc2Cl)cc1N1C(=O)CCC1=O. The molecule has 0 radical (unpaired) electrons. The zero-order chi connectivity index (χ0) is 21.0. The lowest BCUT2D eigenvalue weighted by Gasteiger charge is -2.18. The molecule has 0 aliphatic carbocycles. The second-order valence-electron chi connectivity index (χ2n) is 6.13. The second kappa shape index (κ2) is 8.81. The van der Waals surface area contributed by atoms with E-state index in [-0.39, 0.29) is 42.3 Å². The van der Waals surface area contributed by atoms with Gasteiger partial charge in [-0.2, -0.15) is 0 Å². The van der Waals surface area contributed by atoms with Crippen LogP contribution >= 0.6 is 11.6 Å². The fourth-order valence-corrected chi connectivity index (χ4v) is 4.06. The Balaban J connectivity index is 1.73. The van der Waals surface area contributed by atoms with Crippen molar-refractivity contribution in [3.63, 3.8) is 0 Å². The minimum Gasteiger partial charge on any atom is -0.495 e. The highest BCUT2D eigenvalue weighted by Gasteiger charge is 2.33. The van der Waals surface area contributed by atoms with Gasteiger partial charge in [0.2, 0.25) is 21.8 Å². The summed E-state index contributed by atoms with van der Waals surface area (Å²) < 4.78 is 38.3. The fourth-order valence-electron chi connectivity index (χ4n) is 2.84. The lowest BCUT2D eigenvalue weighted by atomic mass is 10.2. The summed E-state index contributed by atoms with van der Waals surface area (Å²) in [5.41, 5.74) is 0.107. The van der Waals surface area contributed by atoms with Gasteiger partial charge >= 0.3 is 0 Å². The van der Waals surface area contributed by atoms with E-state index >= 15 is 0 Å². The molecule has 1 saturated heterocycles. The van der Waals surface area contributed by atoms with Crippen molar-refractivity contribution in [1.29, 1.82) is 0 Å². The minimum atomic E-state index is -3.90. The molecular formula is C19H19ClN2O6S. The number of carbonyl (C=O) groups excluding carboxylic acids is 2. The number of para-hydroxylation sites is 1. The standard InChI is InChI=1S/C19H19ClN2O6S/c1-27-17-7-6-13(12-15(17)22-18(23)8-9-19(22)24)29(25,26)21-10-11-28-16-5-3-2-4-14(16)20/h2-7,12,21H,8-11H2,1H3. The molecule has 2 aromatic carbocycles. The number of nitrogens with one attached hydrogen (secondary N) is 1. The molecule has 1 fully saturated rings.